The Bertz CT molecular complexity index is 508. The van der Waals surface area contributed by atoms with Crippen molar-refractivity contribution in [2.75, 3.05) is 0 Å². The fourth-order valence-electron chi connectivity index (χ4n) is 2.25. The number of carboxylic acids is 1. The number of nitrogens with one attached hydrogen (secondary N) is 2. The molecule has 1 aromatic heterocycles. The van der Waals surface area contributed by atoms with Gasteiger partial charge in [-0.25, -0.2) is 9.59 Å². The van der Waals surface area contributed by atoms with Crippen molar-refractivity contribution in [3.8, 4) is 0 Å². The number of amides is 2. The van der Waals surface area contributed by atoms with Gasteiger partial charge in [0.05, 0.1) is 6.04 Å². The highest BCUT2D eigenvalue weighted by Gasteiger charge is 2.22. The van der Waals surface area contributed by atoms with Crippen molar-refractivity contribution in [3.05, 3.63) is 23.2 Å². The fraction of sp³-hybridized carbons (Fsp3) is 0.600. The number of urea groups is 1. The zero-order chi connectivity index (χ0) is 16.2. The minimum absolute atomic E-state index is 0.183. The summed E-state index contributed by atoms with van der Waals surface area (Å²) in [5.74, 6) is 0.682. The molecule has 0 bridgehead atoms. The maximum atomic E-state index is 11.9. The molecule has 118 valence electrons. The van der Waals surface area contributed by atoms with E-state index >= 15 is 0 Å². The van der Waals surface area contributed by atoms with Crippen LogP contribution in [-0.4, -0.2) is 23.1 Å². The van der Waals surface area contributed by atoms with Gasteiger partial charge in [-0.05, 0) is 39.2 Å². The second-order valence-corrected chi connectivity index (χ2v) is 5.73. The standard InChI is InChI=1S/C15H24N2O4/c1-8(2)6-13(14(18)19)17-15(20)16-10(4)12-7-9(3)21-11(12)5/h7-8,10,13H,6H2,1-5H3,(H,18,19)(H2,16,17,20)/t10?,13-/m1/s1. The van der Waals surface area contributed by atoms with Gasteiger partial charge in [0, 0.05) is 5.56 Å². The summed E-state index contributed by atoms with van der Waals surface area (Å²) >= 11 is 0. The van der Waals surface area contributed by atoms with E-state index in [1.54, 1.807) is 0 Å². The first-order valence-corrected chi connectivity index (χ1v) is 7.07. The predicted molar refractivity (Wildman–Crippen MR) is 79.1 cm³/mol. The Hall–Kier alpha value is -1.98. The Balaban J connectivity index is 2.63. The lowest BCUT2D eigenvalue weighted by molar-refractivity contribution is -0.139. The van der Waals surface area contributed by atoms with E-state index in [2.05, 4.69) is 10.6 Å². The van der Waals surface area contributed by atoms with Gasteiger partial charge in [-0.2, -0.15) is 0 Å². The largest absolute Gasteiger partial charge is 0.480 e. The molecule has 1 aromatic rings. The third-order valence-corrected chi connectivity index (χ3v) is 3.20. The molecule has 0 spiro atoms. The van der Waals surface area contributed by atoms with Crippen LogP contribution in [0.3, 0.4) is 0 Å². The average Bonchev–Trinajstić information content (AvgIpc) is 2.66. The van der Waals surface area contributed by atoms with E-state index in [9.17, 15) is 9.59 Å². The topological polar surface area (TPSA) is 91.6 Å². The molecule has 0 radical (unpaired) electrons. The highest BCUT2D eigenvalue weighted by atomic mass is 16.4. The minimum Gasteiger partial charge on any atom is -0.480 e. The molecule has 1 rings (SSSR count). The van der Waals surface area contributed by atoms with Crippen LogP contribution < -0.4 is 10.6 Å². The first kappa shape index (κ1) is 17.1. The second kappa shape index (κ2) is 7.15. The molecule has 2 atom stereocenters. The number of hydrogen-bond acceptors (Lipinski definition) is 3. The van der Waals surface area contributed by atoms with E-state index in [4.69, 9.17) is 9.52 Å². The van der Waals surface area contributed by atoms with Gasteiger partial charge in [-0.3, -0.25) is 0 Å². The third-order valence-electron chi connectivity index (χ3n) is 3.20. The molecular weight excluding hydrogens is 272 g/mol. The van der Waals surface area contributed by atoms with Crippen LogP contribution in [0.2, 0.25) is 0 Å². The number of carbonyl (C=O) groups is 2. The van der Waals surface area contributed by atoms with Crippen molar-refractivity contribution in [1.29, 1.82) is 0 Å². The predicted octanol–water partition coefficient (Wildman–Crippen LogP) is 2.76. The molecule has 6 nitrogen and oxygen atoms in total. The lowest BCUT2D eigenvalue weighted by atomic mass is 10.0. The SMILES string of the molecule is Cc1cc(C(C)NC(=O)N[C@H](CC(C)C)C(=O)O)c(C)o1. The summed E-state index contributed by atoms with van der Waals surface area (Å²) in [7, 11) is 0. The molecule has 0 saturated heterocycles. The molecule has 0 saturated carbocycles. The van der Waals surface area contributed by atoms with Crippen molar-refractivity contribution in [1.82, 2.24) is 10.6 Å². The van der Waals surface area contributed by atoms with Crippen molar-refractivity contribution in [2.45, 2.75) is 53.1 Å². The van der Waals surface area contributed by atoms with E-state index in [1.807, 2.05) is 40.7 Å². The Morgan fingerprint density at radius 2 is 1.86 bits per heavy atom. The van der Waals surface area contributed by atoms with Crippen LogP contribution in [0.1, 0.15) is 50.3 Å². The van der Waals surface area contributed by atoms with E-state index in [0.717, 1.165) is 17.1 Å². The van der Waals surface area contributed by atoms with Gasteiger partial charge >= 0.3 is 12.0 Å². The van der Waals surface area contributed by atoms with Gasteiger partial charge in [0.2, 0.25) is 0 Å². The Kier molecular flexibility index (Phi) is 5.81. The quantitative estimate of drug-likeness (QED) is 0.752. The average molecular weight is 296 g/mol. The number of hydrogen-bond donors (Lipinski definition) is 3. The maximum absolute atomic E-state index is 11.9. The van der Waals surface area contributed by atoms with Gasteiger partial charge in [0.25, 0.3) is 0 Å². The van der Waals surface area contributed by atoms with Crippen LogP contribution in [-0.2, 0) is 4.79 Å². The number of aliphatic carboxylic acids is 1. The molecule has 6 heteroatoms. The summed E-state index contributed by atoms with van der Waals surface area (Å²) in [4.78, 5) is 23.1. The Morgan fingerprint density at radius 1 is 1.24 bits per heavy atom. The monoisotopic (exact) mass is 296 g/mol. The van der Waals surface area contributed by atoms with Crippen LogP contribution in [0, 0.1) is 19.8 Å². The van der Waals surface area contributed by atoms with E-state index in [0.29, 0.717) is 6.42 Å². The molecule has 3 N–H and O–H groups in total. The van der Waals surface area contributed by atoms with Crippen molar-refractivity contribution < 1.29 is 19.1 Å². The smallest absolute Gasteiger partial charge is 0.326 e. The van der Waals surface area contributed by atoms with E-state index in [1.165, 1.54) is 0 Å². The zero-order valence-corrected chi connectivity index (χ0v) is 13.2. The lowest BCUT2D eigenvalue weighted by Gasteiger charge is -2.19. The summed E-state index contributed by atoms with van der Waals surface area (Å²) < 4.78 is 5.42. The second-order valence-electron chi connectivity index (χ2n) is 5.73. The number of furan rings is 1. The molecule has 0 aliphatic carbocycles. The molecule has 0 fully saturated rings. The normalized spacial score (nSPS) is 13.8. The first-order chi connectivity index (χ1) is 9.70. The van der Waals surface area contributed by atoms with Crippen LogP contribution in [0.15, 0.2) is 10.5 Å². The van der Waals surface area contributed by atoms with Crippen LogP contribution in [0.25, 0.3) is 0 Å². The molecule has 0 aliphatic heterocycles. The van der Waals surface area contributed by atoms with Crippen molar-refractivity contribution in [3.63, 3.8) is 0 Å². The van der Waals surface area contributed by atoms with Gasteiger partial charge < -0.3 is 20.2 Å². The van der Waals surface area contributed by atoms with Crippen molar-refractivity contribution in [2.24, 2.45) is 5.92 Å². The Morgan fingerprint density at radius 3 is 2.29 bits per heavy atom. The van der Waals surface area contributed by atoms with Crippen LogP contribution in [0.5, 0.6) is 0 Å². The number of rotatable bonds is 6. The molecular formula is C15H24N2O4. The highest BCUT2D eigenvalue weighted by Crippen LogP contribution is 2.21. The Labute approximate surface area is 124 Å². The van der Waals surface area contributed by atoms with E-state index < -0.39 is 18.0 Å². The van der Waals surface area contributed by atoms with Gasteiger partial charge in [0.15, 0.2) is 0 Å². The number of aryl methyl sites for hydroxylation is 2. The van der Waals surface area contributed by atoms with Gasteiger partial charge in [-0.1, -0.05) is 13.8 Å². The molecule has 2 amide bonds. The van der Waals surface area contributed by atoms with Crippen LogP contribution in [0.4, 0.5) is 4.79 Å². The summed E-state index contributed by atoms with van der Waals surface area (Å²) in [6, 6.07) is 0.234. The number of carboxylic acid groups (broad SMARTS) is 1. The lowest BCUT2D eigenvalue weighted by Crippen LogP contribution is -2.47. The summed E-state index contributed by atoms with van der Waals surface area (Å²) in [5, 5.41) is 14.3. The summed E-state index contributed by atoms with van der Waals surface area (Å²) in [6.07, 6.45) is 0.390. The summed E-state index contributed by atoms with van der Waals surface area (Å²) in [6.45, 7) is 9.32. The molecule has 21 heavy (non-hydrogen) atoms. The minimum atomic E-state index is -1.03. The fourth-order valence-corrected chi connectivity index (χ4v) is 2.25. The van der Waals surface area contributed by atoms with Gasteiger partial charge in [-0.15, -0.1) is 0 Å². The molecule has 1 unspecified atom stereocenters. The van der Waals surface area contributed by atoms with Crippen LogP contribution >= 0.6 is 0 Å². The summed E-state index contributed by atoms with van der Waals surface area (Å²) in [5.41, 5.74) is 0.887. The van der Waals surface area contributed by atoms with Crippen molar-refractivity contribution >= 4 is 12.0 Å². The maximum Gasteiger partial charge on any atom is 0.326 e. The zero-order valence-electron chi connectivity index (χ0n) is 13.2. The first-order valence-electron chi connectivity index (χ1n) is 7.07. The van der Waals surface area contributed by atoms with Gasteiger partial charge in [0.1, 0.15) is 17.6 Å². The molecule has 0 aliphatic rings. The molecule has 0 aromatic carbocycles. The molecule has 1 heterocycles. The third kappa shape index (κ3) is 5.13. The number of carbonyl (C=O) groups excluding carboxylic acids is 1. The highest BCUT2D eigenvalue weighted by molar-refractivity contribution is 5.82. The van der Waals surface area contributed by atoms with E-state index in [-0.39, 0.29) is 12.0 Å².